The summed E-state index contributed by atoms with van der Waals surface area (Å²) in [5, 5.41) is 10.7. The molecule has 3 N–H and O–H groups in total. The molecule has 16 heavy (non-hydrogen) atoms. The Morgan fingerprint density at radius 1 is 1.62 bits per heavy atom. The molecule has 1 rings (SSSR count). The van der Waals surface area contributed by atoms with E-state index in [0.29, 0.717) is 0 Å². The van der Waals surface area contributed by atoms with Gasteiger partial charge in [-0.25, -0.2) is 5.84 Å². The van der Waals surface area contributed by atoms with Crippen molar-refractivity contribution >= 4 is 23.2 Å². The fraction of sp³-hybridized carbons (Fsp3) is 0.125. The van der Waals surface area contributed by atoms with Crippen molar-refractivity contribution in [2.24, 2.45) is 5.84 Å². The van der Waals surface area contributed by atoms with E-state index in [1.807, 2.05) is 5.43 Å². The Balaban J connectivity index is 3.48. The number of nitrogens with one attached hydrogen (secondary N) is 1. The van der Waals surface area contributed by atoms with Gasteiger partial charge in [-0.1, -0.05) is 11.6 Å². The average molecular weight is 246 g/mol. The van der Waals surface area contributed by atoms with Crippen LogP contribution in [-0.4, -0.2) is 17.9 Å². The Labute approximate surface area is 95.3 Å². The summed E-state index contributed by atoms with van der Waals surface area (Å²) in [6.07, 6.45) is 0. The zero-order valence-electron chi connectivity index (χ0n) is 8.19. The lowest BCUT2D eigenvalue weighted by Crippen LogP contribution is -2.30. The summed E-state index contributed by atoms with van der Waals surface area (Å²) in [6, 6.07) is 2.32. The van der Waals surface area contributed by atoms with E-state index >= 15 is 0 Å². The predicted molar refractivity (Wildman–Crippen MR) is 56.3 cm³/mol. The number of hydrazine groups is 1. The molecular weight excluding hydrogens is 238 g/mol. The Morgan fingerprint density at radius 2 is 2.25 bits per heavy atom. The Bertz CT molecular complexity index is 449. The zero-order valence-corrected chi connectivity index (χ0v) is 8.95. The lowest BCUT2D eigenvalue weighted by molar-refractivity contribution is -0.385. The van der Waals surface area contributed by atoms with E-state index in [1.54, 1.807) is 0 Å². The molecule has 8 heteroatoms. The molecule has 0 atom stereocenters. The van der Waals surface area contributed by atoms with Crippen molar-refractivity contribution < 1.29 is 14.5 Å². The van der Waals surface area contributed by atoms with Crippen LogP contribution in [0.25, 0.3) is 0 Å². The molecule has 0 bridgehead atoms. The van der Waals surface area contributed by atoms with Crippen LogP contribution in [0.4, 0.5) is 5.69 Å². The summed E-state index contributed by atoms with van der Waals surface area (Å²) in [5.74, 6) is 4.03. The SMILES string of the molecule is COc1c(C(=O)NN)cc(Cl)cc1[N+](=O)[O-]. The van der Waals surface area contributed by atoms with Crippen LogP contribution in [0.1, 0.15) is 10.4 Å². The highest BCUT2D eigenvalue weighted by molar-refractivity contribution is 6.31. The molecule has 0 unspecified atom stereocenters. The summed E-state index contributed by atoms with van der Waals surface area (Å²) in [5.41, 5.74) is 1.36. The number of nitrogens with zero attached hydrogens (tertiary/aromatic N) is 1. The van der Waals surface area contributed by atoms with Crippen molar-refractivity contribution in [3.63, 3.8) is 0 Å². The number of rotatable bonds is 3. The number of amides is 1. The van der Waals surface area contributed by atoms with Gasteiger partial charge in [-0.05, 0) is 6.07 Å². The monoisotopic (exact) mass is 245 g/mol. The lowest BCUT2D eigenvalue weighted by atomic mass is 10.1. The topological polar surface area (TPSA) is 107 Å². The highest BCUT2D eigenvalue weighted by atomic mass is 35.5. The fourth-order valence-corrected chi connectivity index (χ4v) is 1.39. The third-order valence-corrected chi connectivity index (χ3v) is 2.03. The molecule has 0 aromatic heterocycles. The number of carbonyl (C=O) groups excluding carboxylic acids is 1. The van der Waals surface area contributed by atoms with Gasteiger partial charge >= 0.3 is 5.69 Å². The molecule has 0 heterocycles. The average Bonchev–Trinajstić information content (AvgIpc) is 2.26. The Hall–Kier alpha value is -1.86. The molecule has 0 aliphatic heterocycles. The van der Waals surface area contributed by atoms with E-state index in [1.165, 1.54) is 13.2 Å². The summed E-state index contributed by atoms with van der Waals surface area (Å²) < 4.78 is 4.80. The number of methoxy groups -OCH3 is 1. The van der Waals surface area contributed by atoms with Crippen molar-refractivity contribution in [3.05, 3.63) is 32.8 Å². The first-order valence-corrected chi connectivity index (χ1v) is 4.42. The van der Waals surface area contributed by atoms with Gasteiger partial charge in [0.1, 0.15) is 0 Å². The number of nitrogen functional groups attached to an aromatic ring is 1. The molecule has 0 fully saturated rings. The van der Waals surface area contributed by atoms with Gasteiger partial charge in [-0.3, -0.25) is 20.3 Å². The van der Waals surface area contributed by atoms with E-state index < -0.39 is 16.5 Å². The van der Waals surface area contributed by atoms with E-state index in [9.17, 15) is 14.9 Å². The van der Waals surface area contributed by atoms with Crippen LogP contribution >= 0.6 is 11.6 Å². The van der Waals surface area contributed by atoms with Gasteiger partial charge in [0, 0.05) is 11.1 Å². The molecule has 0 aliphatic rings. The number of nitro groups is 1. The minimum atomic E-state index is -0.720. The number of carbonyl (C=O) groups is 1. The van der Waals surface area contributed by atoms with Crippen molar-refractivity contribution in [3.8, 4) is 5.75 Å². The van der Waals surface area contributed by atoms with Crippen LogP contribution in [0.3, 0.4) is 0 Å². The van der Waals surface area contributed by atoms with Gasteiger partial charge in [0.2, 0.25) is 5.75 Å². The van der Waals surface area contributed by atoms with Gasteiger partial charge < -0.3 is 4.74 Å². The van der Waals surface area contributed by atoms with E-state index in [0.717, 1.165) is 6.07 Å². The van der Waals surface area contributed by atoms with Crippen LogP contribution in [-0.2, 0) is 0 Å². The van der Waals surface area contributed by atoms with Gasteiger partial charge in [0.15, 0.2) is 0 Å². The largest absolute Gasteiger partial charge is 0.490 e. The normalized spacial score (nSPS) is 9.69. The number of benzene rings is 1. The third kappa shape index (κ3) is 2.20. The molecule has 1 amide bonds. The van der Waals surface area contributed by atoms with Crippen LogP contribution in [0.2, 0.25) is 5.02 Å². The molecule has 7 nitrogen and oxygen atoms in total. The number of nitro benzene ring substituents is 1. The van der Waals surface area contributed by atoms with Crippen LogP contribution in [0.15, 0.2) is 12.1 Å². The molecule has 1 aromatic carbocycles. The van der Waals surface area contributed by atoms with Crippen molar-refractivity contribution in [1.29, 1.82) is 0 Å². The van der Waals surface area contributed by atoms with Gasteiger partial charge in [0.05, 0.1) is 17.6 Å². The molecule has 0 spiro atoms. The van der Waals surface area contributed by atoms with E-state index in [-0.39, 0.29) is 16.3 Å². The predicted octanol–water partition coefficient (Wildman–Crippen LogP) is 0.860. The highest BCUT2D eigenvalue weighted by Crippen LogP contribution is 2.33. The molecule has 0 saturated carbocycles. The highest BCUT2D eigenvalue weighted by Gasteiger charge is 2.23. The molecule has 0 radical (unpaired) electrons. The molecule has 86 valence electrons. The van der Waals surface area contributed by atoms with Gasteiger partial charge in [0.25, 0.3) is 5.91 Å². The first-order valence-electron chi connectivity index (χ1n) is 4.04. The molecule has 0 aliphatic carbocycles. The fourth-order valence-electron chi connectivity index (χ4n) is 1.18. The molecule has 1 aromatic rings. The Morgan fingerprint density at radius 3 is 2.69 bits per heavy atom. The maximum Gasteiger partial charge on any atom is 0.313 e. The first kappa shape index (κ1) is 12.2. The van der Waals surface area contributed by atoms with Crippen molar-refractivity contribution in [1.82, 2.24) is 5.43 Å². The van der Waals surface area contributed by atoms with Crippen molar-refractivity contribution in [2.45, 2.75) is 0 Å². The standard InChI is InChI=1S/C8H8ClN3O4/c1-16-7-5(8(13)11-10)2-4(9)3-6(7)12(14)15/h2-3H,10H2,1H3,(H,11,13). The van der Waals surface area contributed by atoms with Crippen LogP contribution in [0.5, 0.6) is 5.75 Å². The lowest BCUT2D eigenvalue weighted by Gasteiger charge is -2.07. The Kier molecular flexibility index (Phi) is 3.64. The molecule has 0 saturated heterocycles. The maximum atomic E-state index is 11.3. The van der Waals surface area contributed by atoms with Gasteiger partial charge in [-0.15, -0.1) is 0 Å². The number of nitrogens with two attached hydrogens (primary N) is 1. The first-order chi connectivity index (χ1) is 7.51. The van der Waals surface area contributed by atoms with E-state index in [2.05, 4.69) is 0 Å². The van der Waals surface area contributed by atoms with Crippen molar-refractivity contribution in [2.75, 3.05) is 7.11 Å². The number of halogens is 1. The van der Waals surface area contributed by atoms with Crippen LogP contribution < -0.4 is 16.0 Å². The quantitative estimate of drug-likeness (QED) is 0.355. The maximum absolute atomic E-state index is 11.3. The minimum Gasteiger partial charge on any atom is -0.490 e. The van der Waals surface area contributed by atoms with Crippen LogP contribution in [0, 0.1) is 10.1 Å². The zero-order chi connectivity index (χ0) is 12.3. The summed E-state index contributed by atoms with van der Waals surface area (Å²) >= 11 is 5.64. The summed E-state index contributed by atoms with van der Waals surface area (Å²) in [4.78, 5) is 21.3. The molecular formula is C8H8ClN3O4. The second-order valence-electron chi connectivity index (χ2n) is 2.74. The van der Waals surface area contributed by atoms with Gasteiger partial charge in [-0.2, -0.15) is 0 Å². The summed E-state index contributed by atoms with van der Waals surface area (Å²) in [7, 11) is 1.21. The smallest absolute Gasteiger partial charge is 0.313 e. The van der Waals surface area contributed by atoms with E-state index in [4.69, 9.17) is 22.2 Å². The third-order valence-electron chi connectivity index (χ3n) is 1.81. The minimum absolute atomic E-state index is 0.0473. The second kappa shape index (κ2) is 4.77. The number of hydrogen-bond acceptors (Lipinski definition) is 5. The number of hydrogen-bond donors (Lipinski definition) is 2. The number of ether oxygens (including phenoxy) is 1. The summed E-state index contributed by atoms with van der Waals surface area (Å²) in [6.45, 7) is 0. The second-order valence-corrected chi connectivity index (χ2v) is 3.17.